The maximum Gasteiger partial charge on any atom is 0.258 e. The lowest BCUT2D eigenvalue weighted by Gasteiger charge is -2.48. The molecule has 202 valence electrons. The minimum atomic E-state index is -0.813. The molecule has 2 aromatic carbocycles. The number of benzene rings is 2. The van der Waals surface area contributed by atoms with E-state index < -0.39 is 12.1 Å². The summed E-state index contributed by atoms with van der Waals surface area (Å²) >= 11 is 0. The lowest BCUT2D eigenvalue weighted by molar-refractivity contribution is -0.124. The first kappa shape index (κ1) is 26.3. The Morgan fingerprint density at radius 2 is 2.00 bits per heavy atom. The van der Waals surface area contributed by atoms with Crippen molar-refractivity contribution in [3.05, 3.63) is 77.0 Å². The summed E-state index contributed by atoms with van der Waals surface area (Å²) in [6, 6.07) is 17.5. The standard InChI is InChI=1S/C30H37N3O5/c1-3-21-10-11-27-23(15-21)25(17-30(37-27)12-7-13-30)31-18-26(34)24(16-22-8-5-4-6-9-22)32-28(35)19-36-29-14-20(2)38-33-29/h4-6,8-11,14-15,24-26,31,34H,3,7,12-13,16-19H2,1-2H3,(H,32,35)/t24-,25-,26+/m0/s1. The van der Waals surface area contributed by atoms with Crippen molar-refractivity contribution in [3.63, 3.8) is 0 Å². The summed E-state index contributed by atoms with van der Waals surface area (Å²) in [4.78, 5) is 12.8. The third-order valence-electron chi connectivity index (χ3n) is 7.67. The fraction of sp³-hybridized carbons (Fsp3) is 0.467. The number of hydrogen-bond donors (Lipinski definition) is 3. The predicted octanol–water partition coefficient (Wildman–Crippen LogP) is 4.05. The van der Waals surface area contributed by atoms with Gasteiger partial charge in [0.05, 0.1) is 12.1 Å². The molecule has 1 aromatic heterocycles. The van der Waals surface area contributed by atoms with Gasteiger partial charge in [-0.05, 0) is 61.4 Å². The average molecular weight is 520 g/mol. The highest BCUT2D eigenvalue weighted by molar-refractivity contribution is 5.77. The predicted molar refractivity (Wildman–Crippen MR) is 143 cm³/mol. The molecule has 3 atom stereocenters. The monoisotopic (exact) mass is 519 g/mol. The van der Waals surface area contributed by atoms with Gasteiger partial charge in [-0.2, -0.15) is 0 Å². The molecular weight excluding hydrogens is 482 g/mol. The number of ether oxygens (including phenoxy) is 2. The smallest absolute Gasteiger partial charge is 0.258 e. The molecule has 1 fully saturated rings. The lowest BCUT2D eigenvalue weighted by Crippen LogP contribution is -2.52. The highest BCUT2D eigenvalue weighted by Gasteiger charge is 2.45. The zero-order chi connectivity index (χ0) is 26.5. The summed E-state index contributed by atoms with van der Waals surface area (Å²) in [5.74, 6) is 1.47. The molecule has 0 radical (unpaired) electrons. The van der Waals surface area contributed by atoms with Crippen LogP contribution in [0.5, 0.6) is 11.6 Å². The van der Waals surface area contributed by atoms with Crippen molar-refractivity contribution in [2.24, 2.45) is 0 Å². The molecule has 3 N–H and O–H groups in total. The number of hydrogen-bond acceptors (Lipinski definition) is 7. The second kappa shape index (κ2) is 11.6. The number of amides is 1. The molecular formula is C30H37N3O5. The van der Waals surface area contributed by atoms with E-state index in [0.29, 0.717) is 18.7 Å². The van der Waals surface area contributed by atoms with E-state index in [1.54, 1.807) is 13.0 Å². The highest BCUT2D eigenvalue weighted by atomic mass is 16.5. The normalized spacial score (nSPS) is 19.1. The first-order valence-electron chi connectivity index (χ1n) is 13.6. The number of aryl methyl sites for hydroxylation is 2. The molecule has 0 saturated heterocycles. The molecule has 8 heteroatoms. The molecule has 2 aliphatic rings. The Morgan fingerprint density at radius 3 is 2.68 bits per heavy atom. The molecule has 1 aliphatic carbocycles. The molecule has 38 heavy (non-hydrogen) atoms. The highest BCUT2D eigenvalue weighted by Crippen LogP contribution is 2.49. The zero-order valence-electron chi connectivity index (χ0n) is 22.1. The topological polar surface area (TPSA) is 106 Å². The van der Waals surface area contributed by atoms with Crippen LogP contribution in [0.25, 0.3) is 0 Å². The van der Waals surface area contributed by atoms with E-state index in [2.05, 4.69) is 40.9 Å². The van der Waals surface area contributed by atoms with Crippen LogP contribution in [0, 0.1) is 6.92 Å². The van der Waals surface area contributed by atoms with E-state index >= 15 is 0 Å². The van der Waals surface area contributed by atoms with Crippen molar-refractivity contribution >= 4 is 5.91 Å². The van der Waals surface area contributed by atoms with E-state index in [-0.39, 0.29) is 30.0 Å². The Hall–Kier alpha value is -3.36. The molecule has 3 aromatic rings. The van der Waals surface area contributed by atoms with Gasteiger partial charge in [-0.1, -0.05) is 49.4 Å². The molecule has 2 heterocycles. The van der Waals surface area contributed by atoms with Gasteiger partial charge in [-0.15, -0.1) is 0 Å². The first-order chi connectivity index (χ1) is 18.4. The molecule has 5 rings (SSSR count). The van der Waals surface area contributed by atoms with Crippen LogP contribution < -0.4 is 20.1 Å². The number of aliphatic hydroxyl groups excluding tert-OH is 1. The van der Waals surface area contributed by atoms with Gasteiger partial charge in [0.25, 0.3) is 11.8 Å². The quantitative estimate of drug-likeness (QED) is 0.351. The molecule has 0 unspecified atom stereocenters. The number of carbonyl (C=O) groups is 1. The second-order valence-electron chi connectivity index (χ2n) is 10.5. The van der Waals surface area contributed by atoms with Gasteiger partial charge < -0.3 is 29.7 Å². The van der Waals surface area contributed by atoms with Crippen molar-refractivity contribution in [2.45, 2.75) is 76.2 Å². The van der Waals surface area contributed by atoms with Crippen LogP contribution in [0.1, 0.15) is 61.1 Å². The summed E-state index contributed by atoms with van der Waals surface area (Å²) in [5.41, 5.74) is 3.33. The third kappa shape index (κ3) is 6.19. The van der Waals surface area contributed by atoms with Crippen molar-refractivity contribution in [1.29, 1.82) is 0 Å². The molecule has 1 aliphatic heterocycles. The van der Waals surface area contributed by atoms with Gasteiger partial charge in [0.1, 0.15) is 17.1 Å². The number of nitrogens with zero attached hydrogens (tertiary/aromatic N) is 1. The fourth-order valence-electron chi connectivity index (χ4n) is 5.36. The van der Waals surface area contributed by atoms with Crippen molar-refractivity contribution in [1.82, 2.24) is 15.8 Å². The number of aliphatic hydroxyl groups is 1. The summed E-state index contributed by atoms with van der Waals surface area (Å²) in [7, 11) is 0. The summed E-state index contributed by atoms with van der Waals surface area (Å²) < 4.78 is 16.9. The van der Waals surface area contributed by atoms with Crippen LogP contribution in [-0.2, 0) is 17.6 Å². The van der Waals surface area contributed by atoms with Gasteiger partial charge in [0.2, 0.25) is 0 Å². The van der Waals surface area contributed by atoms with Crippen molar-refractivity contribution in [2.75, 3.05) is 13.2 Å². The maximum atomic E-state index is 12.8. The van der Waals surface area contributed by atoms with E-state index in [1.807, 2.05) is 30.3 Å². The molecule has 0 bridgehead atoms. The average Bonchev–Trinajstić information content (AvgIpc) is 3.34. The SMILES string of the molecule is CCc1ccc2c(c1)[C@@H](NC[C@@H](O)[C@H](Cc1ccccc1)NC(=O)COc1cc(C)on1)CC1(CCC1)O2. The number of carbonyl (C=O) groups excluding carboxylic acids is 1. The summed E-state index contributed by atoms with van der Waals surface area (Å²) in [6.07, 6.45) is 4.80. The van der Waals surface area contributed by atoms with Crippen LogP contribution in [0.15, 0.2) is 59.1 Å². The van der Waals surface area contributed by atoms with E-state index in [0.717, 1.165) is 42.6 Å². The zero-order valence-corrected chi connectivity index (χ0v) is 22.1. The largest absolute Gasteiger partial charge is 0.487 e. The third-order valence-corrected chi connectivity index (χ3v) is 7.67. The Balaban J connectivity index is 1.26. The maximum absolute atomic E-state index is 12.8. The first-order valence-corrected chi connectivity index (χ1v) is 13.6. The number of rotatable bonds is 11. The van der Waals surface area contributed by atoms with E-state index in [9.17, 15) is 9.90 Å². The van der Waals surface area contributed by atoms with Crippen LogP contribution in [0.3, 0.4) is 0 Å². The van der Waals surface area contributed by atoms with Gasteiger partial charge >= 0.3 is 0 Å². The van der Waals surface area contributed by atoms with Crippen LogP contribution in [0.4, 0.5) is 0 Å². The Bertz CT molecular complexity index is 1220. The van der Waals surface area contributed by atoms with Crippen LogP contribution in [0.2, 0.25) is 0 Å². The van der Waals surface area contributed by atoms with Crippen molar-refractivity contribution < 1.29 is 23.9 Å². The Labute approximate surface area is 223 Å². The number of nitrogens with one attached hydrogen (secondary N) is 2. The van der Waals surface area contributed by atoms with E-state index in [1.165, 1.54) is 12.0 Å². The fourth-order valence-corrected chi connectivity index (χ4v) is 5.36. The molecule has 8 nitrogen and oxygen atoms in total. The van der Waals surface area contributed by atoms with Gasteiger partial charge in [0.15, 0.2) is 6.61 Å². The number of aromatic nitrogens is 1. The summed E-state index contributed by atoms with van der Waals surface area (Å²) in [5, 5.41) is 21.7. The molecule has 1 saturated carbocycles. The Morgan fingerprint density at radius 1 is 1.18 bits per heavy atom. The van der Waals surface area contributed by atoms with Gasteiger partial charge in [0, 0.05) is 30.6 Å². The molecule has 1 amide bonds. The van der Waals surface area contributed by atoms with Crippen molar-refractivity contribution in [3.8, 4) is 11.6 Å². The molecule has 1 spiro atoms. The minimum Gasteiger partial charge on any atom is -0.487 e. The van der Waals surface area contributed by atoms with Gasteiger partial charge in [-0.3, -0.25) is 4.79 Å². The Kier molecular flexibility index (Phi) is 8.00. The second-order valence-corrected chi connectivity index (χ2v) is 10.5. The van der Waals surface area contributed by atoms with Crippen LogP contribution >= 0.6 is 0 Å². The van der Waals surface area contributed by atoms with Gasteiger partial charge in [-0.25, -0.2) is 0 Å². The van der Waals surface area contributed by atoms with Crippen LogP contribution in [-0.4, -0.2) is 47.1 Å². The minimum absolute atomic E-state index is 0.0759. The number of fused-ring (bicyclic) bond motifs is 1. The summed E-state index contributed by atoms with van der Waals surface area (Å²) in [6.45, 7) is 4.02. The van der Waals surface area contributed by atoms with E-state index in [4.69, 9.17) is 14.0 Å². The lowest BCUT2D eigenvalue weighted by atomic mass is 9.72.